The van der Waals surface area contributed by atoms with Gasteiger partial charge in [0.25, 0.3) is 0 Å². The molecule has 4 rings (SSSR count). The topological polar surface area (TPSA) is 44.0 Å². The number of piperazine rings is 1. The van der Waals surface area contributed by atoms with E-state index in [1.165, 1.54) is 25.7 Å². The zero-order valence-corrected chi connectivity index (χ0v) is 16.6. The molecule has 24 heavy (non-hydrogen) atoms. The van der Waals surface area contributed by atoms with E-state index < -0.39 is 0 Å². The Bertz CT molecular complexity index is 667. The number of imidazole rings is 1. The van der Waals surface area contributed by atoms with Gasteiger partial charge in [-0.25, -0.2) is 4.98 Å². The Kier molecular flexibility index (Phi) is 7.38. The maximum Gasteiger partial charge on any atom is 0.166 e. The van der Waals surface area contributed by atoms with Crippen molar-refractivity contribution in [1.82, 2.24) is 15.3 Å². The van der Waals surface area contributed by atoms with E-state index in [-0.39, 0.29) is 24.8 Å². The fourth-order valence-corrected chi connectivity index (χ4v) is 4.85. The SMILES string of the molecule is Cl.Cl.Clc1cc2nc(SC3CCCC3)[nH]c2cc1N1CCNCC1. The van der Waals surface area contributed by atoms with Gasteiger partial charge in [-0.15, -0.1) is 24.8 Å². The van der Waals surface area contributed by atoms with Crippen molar-refractivity contribution in [3.63, 3.8) is 0 Å². The predicted molar refractivity (Wildman–Crippen MR) is 109 cm³/mol. The van der Waals surface area contributed by atoms with E-state index >= 15 is 0 Å². The molecule has 1 saturated carbocycles. The summed E-state index contributed by atoms with van der Waals surface area (Å²) in [6.45, 7) is 4.03. The molecule has 4 nitrogen and oxygen atoms in total. The van der Waals surface area contributed by atoms with Gasteiger partial charge in [-0.1, -0.05) is 36.2 Å². The number of aromatic nitrogens is 2. The van der Waals surface area contributed by atoms with Crippen LogP contribution < -0.4 is 10.2 Å². The Labute approximate surface area is 164 Å². The summed E-state index contributed by atoms with van der Waals surface area (Å²) < 4.78 is 0. The van der Waals surface area contributed by atoms with E-state index in [4.69, 9.17) is 16.6 Å². The maximum absolute atomic E-state index is 6.49. The number of hydrogen-bond donors (Lipinski definition) is 2. The molecule has 2 fully saturated rings. The van der Waals surface area contributed by atoms with Gasteiger partial charge in [0.1, 0.15) is 0 Å². The van der Waals surface area contributed by atoms with Gasteiger partial charge in [-0.05, 0) is 25.0 Å². The molecule has 8 heteroatoms. The largest absolute Gasteiger partial charge is 0.368 e. The smallest absolute Gasteiger partial charge is 0.166 e. The van der Waals surface area contributed by atoms with Crippen LogP contribution in [0, 0.1) is 0 Å². The highest BCUT2D eigenvalue weighted by Gasteiger charge is 2.19. The first-order valence-electron chi connectivity index (χ1n) is 8.11. The molecule has 1 aliphatic heterocycles. The van der Waals surface area contributed by atoms with Crippen LogP contribution in [0.25, 0.3) is 11.0 Å². The van der Waals surface area contributed by atoms with Crippen molar-refractivity contribution in [3.8, 4) is 0 Å². The number of H-pyrrole nitrogens is 1. The summed E-state index contributed by atoms with van der Waals surface area (Å²) in [5.41, 5.74) is 3.19. The number of anilines is 1. The second kappa shape index (κ2) is 8.86. The molecule has 2 aliphatic rings. The van der Waals surface area contributed by atoms with Crippen molar-refractivity contribution in [2.24, 2.45) is 0 Å². The minimum absolute atomic E-state index is 0. The number of halogens is 3. The average Bonchev–Trinajstić information content (AvgIpc) is 3.16. The monoisotopic (exact) mass is 408 g/mol. The highest BCUT2D eigenvalue weighted by atomic mass is 35.5. The van der Waals surface area contributed by atoms with Gasteiger partial charge < -0.3 is 15.2 Å². The third-order valence-corrected chi connectivity index (χ3v) is 6.09. The second-order valence-corrected chi connectivity index (χ2v) is 7.82. The molecule has 2 N–H and O–H groups in total. The summed E-state index contributed by atoms with van der Waals surface area (Å²) in [6.07, 6.45) is 5.34. The molecule has 2 heterocycles. The third kappa shape index (κ3) is 4.25. The number of thioether (sulfide) groups is 1. The Balaban J connectivity index is 0.00000104. The van der Waals surface area contributed by atoms with Crippen molar-refractivity contribution < 1.29 is 0 Å². The molecule has 0 spiro atoms. The number of benzene rings is 1. The summed E-state index contributed by atoms with van der Waals surface area (Å²) in [7, 11) is 0. The standard InChI is InChI=1S/C16H21ClN4S.2ClH/c17-12-9-13-14(10-15(12)21-7-5-18-6-8-21)20-16(19-13)22-11-3-1-2-4-11;;/h9-11,18H,1-8H2,(H,19,20);2*1H. The zero-order chi connectivity index (χ0) is 14.9. The summed E-state index contributed by atoms with van der Waals surface area (Å²) >= 11 is 8.38. The molecular weight excluding hydrogens is 387 g/mol. The van der Waals surface area contributed by atoms with Crippen LogP contribution in [0.4, 0.5) is 5.69 Å². The van der Waals surface area contributed by atoms with E-state index in [2.05, 4.69) is 21.3 Å². The fourth-order valence-electron chi connectivity index (χ4n) is 3.36. The highest BCUT2D eigenvalue weighted by molar-refractivity contribution is 7.99. The lowest BCUT2D eigenvalue weighted by Gasteiger charge is -2.30. The van der Waals surface area contributed by atoms with Crippen LogP contribution >= 0.6 is 48.2 Å². The Hall–Kier alpha value is -0.330. The number of rotatable bonds is 3. The molecule has 0 bridgehead atoms. The first kappa shape index (κ1) is 20.0. The molecule has 1 saturated heterocycles. The molecule has 1 aromatic heterocycles. The number of nitrogens with one attached hydrogen (secondary N) is 2. The van der Waals surface area contributed by atoms with Crippen molar-refractivity contribution in [3.05, 3.63) is 17.2 Å². The Morgan fingerprint density at radius 2 is 1.83 bits per heavy atom. The number of hydrogen-bond acceptors (Lipinski definition) is 4. The number of fused-ring (bicyclic) bond motifs is 1. The second-order valence-electron chi connectivity index (χ2n) is 6.12. The van der Waals surface area contributed by atoms with Crippen molar-refractivity contribution in [1.29, 1.82) is 0 Å². The van der Waals surface area contributed by atoms with E-state index in [1.54, 1.807) is 0 Å². The van der Waals surface area contributed by atoms with Crippen molar-refractivity contribution in [2.45, 2.75) is 36.1 Å². The van der Waals surface area contributed by atoms with Gasteiger partial charge in [0.15, 0.2) is 5.16 Å². The van der Waals surface area contributed by atoms with Crippen LogP contribution in [0.5, 0.6) is 0 Å². The Morgan fingerprint density at radius 1 is 1.12 bits per heavy atom. The van der Waals surface area contributed by atoms with Crippen LogP contribution in [0.15, 0.2) is 17.3 Å². The molecule has 134 valence electrons. The van der Waals surface area contributed by atoms with Crippen LogP contribution in [-0.2, 0) is 0 Å². The van der Waals surface area contributed by atoms with Crippen LogP contribution in [0.3, 0.4) is 0 Å². The highest BCUT2D eigenvalue weighted by Crippen LogP contribution is 2.36. The fraction of sp³-hybridized carbons (Fsp3) is 0.562. The quantitative estimate of drug-likeness (QED) is 0.783. The minimum atomic E-state index is 0. The van der Waals surface area contributed by atoms with Crippen LogP contribution in [0.2, 0.25) is 5.02 Å². The normalized spacial score (nSPS) is 18.5. The van der Waals surface area contributed by atoms with E-state index in [0.717, 1.165) is 58.3 Å². The van der Waals surface area contributed by atoms with Gasteiger partial charge in [0.05, 0.1) is 21.7 Å². The van der Waals surface area contributed by atoms with Crippen molar-refractivity contribution >= 4 is 64.9 Å². The predicted octanol–water partition coefficient (Wildman–Crippen LogP) is 4.50. The molecule has 0 radical (unpaired) electrons. The summed E-state index contributed by atoms with van der Waals surface area (Å²) in [6, 6.07) is 4.16. The molecular formula is C16H23Cl3N4S. The van der Waals surface area contributed by atoms with E-state index in [0.29, 0.717) is 0 Å². The van der Waals surface area contributed by atoms with Gasteiger partial charge >= 0.3 is 0 Å². The molecule has 0 unspecified atom stereocenters. The lowest BCUT2D eigenvalue weighted by Crippen LogP contribution is -2.43. The average molecular weight is 410 g/mol. The van der Waals surface area contributed by atoms with Gasteiger partial charge in [-0.3, -0.25) is 0 Å². The number of nitrogens with zero attached hydrogens (tertiary/aromatic N) is 2. The minimum Gasteiger partial charge on any atom is -0.368 e. The first-order chi connectivity index (χ1) is 10.8. The van der Waals surface area contributed by atoms with Gasteiger partial charge in [0.2, 0.25) is 0 Å². The van der Waals surface area contributed by atoms with Gasteiger partial charge in [0, 0.05) is 31.4 Å². The third-order valence-electron chi connectivity index (χ3n) is 4.57. The van der Waals surface area contributed by atoms with Crippen LogP contribution in [-0.4, -0.2) is 41.4 Å². The Morgan fingerprint density at radius 3 is 2.54 bits per heavy atom. The van der Waals surface area contributed by atoms with Crippen molar-refractivity contribution in [2.75, 3.05) is 31.1 Å². The van der Waals surface area contributed by atoms with Crippen LogP contribution in [0.1, 0.15) is 25.7 Å². The van der Waals surface area contributed by atoms with E-state index in [1.807, 2.05) is 17.8 Å². The lowest BCUT2D eigenvalue weighted by molar-refractivity contribution is 0.589. The number of aromatic amines is 1. The van der Waals surface area contributed by atoms with E-state index in [9.17, 15) is 0 Å². The lowest BCUT2D eigenvalue weighted by atomic mass is 10.2. The molecule has 2 aromatic rings. The zero-order valence-electron chi connectivity index (χ0n) is 13.4. The summed E-state index contributed by atoms with van der Waals surface area (Å²) in [4.78, 5) is 10.5. The summed E-state index contributed by atoms with van der Waals surface area (Å²) in [5.74, 6) is 0. The van der Waals surface area contributed by atoms with Gasteiger partial charge in [-0.2, -0.15) is 0 Å². The maximum atomic E-state index is 6.49. The molecule has 0 amide bonds. The molecule has 1 aliphatic carbocycles. The molecule has 0 atom stereocenters. The first-order valence-corrected chi connectivity index (χ1v) is 9.37. The summed E-state index contributed by atoms with van der Waals surface area (Å²) in [5, 5.41) is 5.94. The molecule has 1 aromatic carbocycles.